The van der Waals surface area contributed by atoms with Crippen molar-refractivity contribution in [2.75, 3.05) is 19.0 Å². The first kappa shape index (κ1) is 10.7. The number of aromatic nitrogens is 3. The Morgan fingerprint density at radius 2 is 2.12 bits per heavy atom. The molecule has 16 heavy (non-hydrogen) atoms. The van der Waals surface area contributed by atoms with E-state index >= 15 is 0 Å². The van der Waals surface area contributed by atoms with Crippen LogP contribution in [0.3, 0.4) is 0 Å². The van der Waals surface area contributed by atoms with Gasteiger partial charge in [0.25, 0.3) is 0 Å². The minimum atomic E-state index is 0.777. The summed E-state index contributed by atoms with van der Waals surface area (Å²) in [5, 5.41) is 4.11. The van der Waals surface area contributed by atoms with E-state index in [9.17, 15) is 0 Å². The molecule has 0 radical (unpaired) electrons. The molecule has 2 aromatic rings. The van der Waals surface area contributed by atoms with Crippen molar-refractivity contribution in [1.82, 2.24) is 14.8 Å². The van der Waals surface area contributed by atoms with Gasteiger partial charge < -0.3 is 4.90 Å². The van der Waals surface area contributed by atoms with Gasteiger partial charge in [0, 0.05) is 19.8 Å². The second kappa shape index (κ2) is 4.35. The first-order chi connectivity index (χ1) is 7.66. The number of hydrogen-bond acceptors (Lipinski definition) is 3. The molecular formula is C12H16N4. The first-order valence-corrected chi connectivity index (χ1v) is 5.26. The maximum atomic E-state index is 4.11. The number of rotatable bonds is 3. The minimum absolute atomic E-state index is 0.777. The summed E-state index contributed by atoms with van der Waals surface area (Å²) in [6.07, 6.45) is 3.29. The Labute approximate surface area is 95.5 Å². The van der Waals surface area contributed by atoms with Crippen molar-refractivity contribution in [3.8, 4) is 0 Å². The number of aryl methyl sites for hydroxylation is 1. The average Bonchev–Trinajstić information content (AvgIpc) is 2.73. The standard InChI is InChI=1S/C12H16N4/c1-10-6-12(15(2)3)5-4-11(10)7-16-9-13-8-14-16/h4-6,8-9H,7H2,1-3H3. The van der Waals surface area contributed by atoms with Crippen LogP contribution in [0.15, 0.2) is 30.9 Å². The van der Waals surface area contributed by atoms with Crippen LogP contribution in [-0.2, 0) is 6.54 Å². The molecular weight excluding hydrogens is 200 g/mol. The van der Waals surface area contributed by atoms with E-state index in [1.807, 2.05) is 18.8 Å². The molecule has 0 saturated heterocycles. The predicted octanol–water partition coefficient (Wildman–Crippen LogP) is 1.70. The van der Waals surface area contributed by atoms with E-state index in [1.54, 1.807) is 12.7 Å². The van der Waals surface area contributed by atoms with E-state index in [4.69, 9.17) is 0 Å². The Morgan fingerprint density at radius 3 is 2.69 bits per heavy atom. The summed E-state index contributed by atoms with van der Waals surface area (Å²) in [7, 11) is 4.09. The van der Waals surface area contributed by atoms with Gasteiger partial charge in [-0.3, -0.25) is 0 Å². The largest absolute Gasteiger partial charge is 0.378 e. The molecule has 0 bridgehead atoms. The molecule has 0 aliphatic heterocycles. The van der Waals surface area contributed by atoms with Crippen LogP contribution in [0.4, 0.5) is 5.69 Å². The third-order valence-corrected chi connectivity index (χ3v) is 2.64. The molecule has 84 valence electrons. The molecule has 4 nitrogen and oxygen atoms in total. The molecule has 1 aromatic carbocycles. The van der Waals surface area contributed by atoms with Gasteiger partial charge >= 0.3 is 0 Å². The zero-order chi connectivity index (χ0) is 11.5. The van der Waals surface area contributed by atoms with Crippen LogP contribution in [0.1, 0.15) is 11.1 Å². The fourth-order valence-electron chi connectivity index (χ4n) is 1.62. The zero-order valence-electron chi connectivity index (χ0n) is 9.88. The summed E-state index contributed by atoms with van der Waals surface area (Å²) in [6, 6.07) is 6.46. The smallest absolute Gasteiger partial charge is 0.137 e. The highest BCUT2D eigenvalue weighted by atomic mass is 15.3. The Balaban J connectivity index is 2.23. The number of benzene rings is 1. The lowest BCUT2D eigenvalue weighted by molar-refractivity contribution is 0.682. The summed E-state index contributed by atoms with van der Waals surface area (Å²) in [4.78, 5) is 6.04. The maximum Gasteiger partial charge on any atom is 0.137 e. The van der Waals surface area contributed by atoms with Crippen LogP contribution in [0.2, 0.25) is 0 Å². The topological polar surface area (TPSA) is 34.0 Å². The number of hydrogen-bond donors (Lipinski definition) is 0. The molecule has 4 heteroatoms. The third-order valence-electron chi connectivity index (χ3n) is 2.64. The van der Waals surface area contributed by atoms with Gasteiger partial charge in [-0.05, 0) is 30.2 Å². The van der Waals surface area contributed by atoms with Crippen molar-refractivity contribution >= 4 is 5.69 Å². The number of anilines is 1. The van der Waals surface area contributed by atoms with Crippen LogP contribution in [0, 0.1) is 6.92 Å². The molecule has 1 aromatic heterocycles. The highest BCUT2D eigenvalue weighted by Crippen LogP contribution is 2.17. The Hall–Kier alpha value is -1.84. The van der Waals surface area contributed by atoms with E-state index < -0.39 is 0 Å². The molecule has 0 atom stereocenters. The normalized spacial score (nSPS) is 10.4. The monoisotopic (exact) mass is 216 g/mol. The maximum absolute atomic E-state index is 4.11. The Kier molecular flexibility index (Phi) is 2.90. The lowest BCUT2D eigenvalue weighted by atomic mass is 10.1. The van der Waals surface area contributed by atoms with Crippen LogP contribution in [0.5, 0.6) is 0 Å². The van der Waals surface area contributed by atoms with Crippen molar-refractivity contribution in [3.63, 3.8) is 0 Å². The zero-order valence-corrected chi connectivity index (χ0v) is 9.88. The summed E-state index contributed by atoms with van der Waals surface area (Å²) in [5.41, 5.74) is 3.78. The van der Waals surface area contributed by atoms with E-state index in [-0.39, 0.29) is 0 Å². The molecule has 2 rings (SSSR count). The molecule has 0 aliphatic rings. The molecule has 0 N–H and O–H groups in total. The van der Waals surface area contributed by atoms with Gasteiger partial charge in [0.05, 0.1) is 6.54 Å². The fourth-order valence-corrected chi connectivity index (χ4v) is 1.62. The Bertz CT molecular complexity index is 460. The SMILES string of the molecule is Cc1cc(N(C)C)ccc1Cn1cncn1. The van der Waals surface area contributed by atoms with Crippen LogP contribution < -0.4 is 4.90 Å². The summed E-state index contributed by atoms with van der Waals surface area (Å²) < 4.78 is 1.83. The third kappa shape index (κ3) is 2.21. The molecule has 0 saturated carbocycles. The lowest BCUT2D eigenvalue weighted by Gasteiger charge is -2.15. The van der Waals surface area contributed by atoms with E-state index in [1.165, 1.54) is 16.8 Å². The van der Waals surface area contributed by atoms with Crippen molar-refractivity contribution in [2.45, 2.75) is 13.5 Å². The van der Waals surface area contributed by atoms with Crippen LogP contribution in [-0.4, -0.2) is 28.9 Å². The van der Waals surface area contributed by atoms with Gasteiger partial charge in [0.2, 0.25) is 0 Å². The Morgan fingerprint density at radius 1 is 1.31 bits per heavy atom. The second-order valence-electron chi connectivity index (χ2n) is 4.10. The molecule has 0 fully saturated rings. The summed E-state index contributed by atoms with van der Waals surface area (Å²) >= 11 is 0. The predicted molar refractivity (Wildman–Crippen MR) is 64.6 cm³/mol. The van der Waals surface area contributed by atoms with E-state index in [0.29, 0.717) is 0 Å². The second-order valence-corrected chi connectivity index (χ2v) is 4.10. The van der Waals surface area contributed by atoms with Gasteiger partial charge in [-0.25, -0.2) is 9.67 Å². The summed E-state index contributed by atoms with van der Waals surface area (Å²) in [6.45, 7) is 2.90. The quantitative estimate of drug-likeness (QED) is 0.783. The highest BCUT2D eigenvalue weighted by molar-refractivity contribution is 5.49. The van der Waals surface area contributed by atoms with Crippen molar-refractivity contribution < 1.29 is 0 Å². The fraction of sp³-hybridized carbons (Fsp3) is 0.333. The van der Waals surface area contributed by atoms with Crippen molar-refractivity contribution in [3.05, 3.63) is 42.0 Å². The average molecular weight is 216 g/mol. The minimum Gasteiger partial charge on any atom is -0.378 e. The van der Waals surface area contributed by atoms with Crippen molar-refractivity contribution in [1.29, 1.82) is 0 Å². The van der Waals surface area contributed by atoms with Crippen molar-refractivity contribution in [2.24, 2.45) is 0 Å². The van der Waals surface area contributed by atoms with Gasteiger partial charge in [0.1, 0.15) is 12.7 Å². The molecule has 0 amide bonds. The van der Waals surface area contributed by atoms with Gasteiger partial charge in [0.15, 0.2) is 0 Å². The van der Waals surface area contributed by atoms with Crippen LogP contribution >= 0.6 is 0 Å². The molecule has 0 spiro atoms. The molecule has 0 aliphatic carbocycles. The number of nitrogens with zero attached hydrogens (tertiary/aromatic N) is 4. The van der Waals surface area contributed by atoms with Gasteiger partial charge in [-0.2, -0.15) is 5.10 Å². The van der Waals surface area contributed by atoms with E-state index in [2.05, 4.69) is 40.1 Å². The lowest BCUT2D eigenvalue weighted by Crippen LogP contribution is -2.09. The summed E-state index contributed by atoms with van der Waals surface area (Å²) in [5.74, 6) is 0. The molecule has 0 unspecified atom stereocenters. The van der Waals surface area contributed by atoms with Gasteiger partial charge in [-0.15, -0.1) is 0 Å². The van der Waals surface area contributed by atoms with Gasteiger partial charge in [-0.1, -0.05) is 6.07 Å². The van der Waals surface area contributed by atoms with E-state index in [0.717, 1.165) is 6.54 Å². The van der Waals surface area contributed by atoms with Crippen LogP contribution in [0.25, 0.3) is 0 Å². The molecule has 1 heterocycles. The highest BCUT2D eigenvalue weighted by Gasteiger charge is 2.02. The first-order valence-electron chi connectivity index (χ1n) is 5.26.